The molecule has 12 nitrogen and oxygen atoms in total. The Morgan fingerprint density at radius 3 is 2.14 bits per heavy atom. The van der Waals surface area contributed by atoms with Crippen LogP contribution in [0, 0.1) is 5.41 Å². The SMILES string of the molecule is COC(=O)C1(COc2c(-c3cccc4c3CCC4=O)ccc(OC(O)(O)O)c2OC(O)(O)O)CC1. The van der Waals surface area contributed by atoms with Gasteiger partial charge in [-0.15, -0.1) is 0 Å². The number of methoxy groups -OCH3 is 1. The van der Waals surface area contributed by atoms with Gasteiger partial charge in [-0.25, -0.2) is 0 Å². The second-order valence-electron chi connectivity index (χ2n) is 8.44. The van der Waals surface area contributed by atoms with Gasteiger partial charge in [-0.2, -0.15) is 0 Å². The predicted molar refractivity (Wildman–Crippen MR) is 114 cm³/mol. The third kappa shape index (κ3) is 5.22. The number of benzene rings is 2. The van der Waals surface area contributed by atoms with E-state index in [9.17, 15) is 40.2 Å². The molecule has 0 aromatic heterocycles. The average Bonchev–Trinajstić information content (AvgIpc) is 3.47. The first-order valence-electron chi connectivity index (χ1n) is 10.6. The monoisotopic (exact) mass is 492 g/mol. The van der Waals surface area contributed by atoms with Crippen LogP contribution < -0.4 is 14.2 Å². The highest BCUT2D eigenvalue weighted by Crippen LogP contribution is 2.51. The molecule has 1 saturated carbocycles. The van der Waals surface area contributed by atoms with E-state index >= 15 is 0 Å². The second kappa shape index (κ2) is 8.75. The van der Waals surface area contributed by atoms with Crippen LogP contribution in [0.5, 0.6) is 17.2 Å². The van der Waals surface area contributed by atoms with E-state index in [2.05, 4.69) is 4.74 Å². The number of hydrogen-bond donors (Lipinski definition) is 6. The summed E-state index contributed by atoms with van der Waals surface area (Å²) in [6, 6.07) is 7.45. The lowest BCUT2D eigenvalue weighted by Gasteiger charge is -2.26. The van der Waals surface area contributed by atoms with Crippen LogP contribution in [-0.4, -0.2) is 68.4 Å². The Balaban J connectivity index is 1.88. The summed E-state index contributed by atoms with van der Waals surface area (Å²) >= 11 is 0. The Kier molecular flexibility index (Phi) is 6.21. The highest BCUT2D eigenvalue weighted by atomic mass is 16.9. The number of ketones is 1. The lowest BCUT2D eigenvalue weighted by molar-refractivity contribution is -0.428. The van der Waals surface area contributed by atoms with E-state index in [4.69, 9.17) is 14.2 Å². The molecule has 0 atom stereocenters. The minimum absolute atomic E-state index is 0.0610. The number of aliphatic hydroxyl groups is 6. The number of hydrogen-bond acceptors (Lipinski definition) is 12. The Morgan fingerprint density at radius 1 is 0.886 bits per heavy atom. The molecule has 2 aromatic carbocycles. The van der Waals surface area contributed by atoms with Crippen LogP contribution in [0.25, 0.3) is 11.1 Å². The van der Waals surface area contributed by atoms with Crippen LogP contribution in [0.3, 0.4) is 0 Å². The zero-order valence-electron chi connectivity index (χ0n) is 18.6. The molecule has 35 heavy (non-hydrogen) atoms. The molecule has 0 radical (unpaired) electrons. The molecule has 0 aliphatic heterocycles. The van der Waals surface area contributed by atoms with Gasteiger partial charge in [0.25, 0.3) is 0 Å². The number of fused-ring (bicyclic) bond motifs is 1. The van der Waals surface area contributed by atoms with Gasteiger partial charge in [0.2, 0.25) is 5.75 Å². The van der Waals surface area contributed by atoms with Crippen LogP contribution in [0.15, 0.2) is 30.3 Å². The number of carbonyl (C=O) groups is 2. The van der Waals surface area contributed by atoms with E-state index in [1.165, 1.54) is 13.2 Å². The third-order valence-electron chi connectivity index (χ3n) is 5.90. The molecule has 0 heterocycles. The van der Waals surface area contributed by atoms with Crippen LogP contribution in [-0.2, 0) is 16.0 Å². The summed E-state index contributed by atoms with van der Waals surface area (Å²) in [5, 5.41) is 56.4. The minimum atomic E-state index is -3.77. The standard InChI is InChI=1S/C23H24O12/c1-32-20(25)21(9-10-21)11-33-18-15(12-3-2-4-14-13(12)5-7-16(14)24)6-8-17(34-22(26,27)28)19(18)35-23(29,30)31/h2-4,6,8,26-31H,5,7,9-11H2,1H3. The van der Waals surface area contributed by atoms with Gasteiger partial charge in [-0.05, 0) is 42.5 Å². The van der Waals surface area contributed by atoms with Crippen molar-refractivity contribution in [1.29, 1.82) is 0 Å². The van der Waals surface area contributed by atoms with E-state index in [-0.39, 0.29) is 30.1 Å². The maximum absolute atomic E-state index is 12.3. The maximum atomic E-state index is 12.3. The smallest absolute Gasteiger partial charge is 0.453 e. The Bertz CT molecular complexity index is 1150. The minimum Gasteiger partial charge on any atom is -0.488 e. The molecule has 0 saturated heterocycles. The van der Waals surface area contributed by atoms with Crippen molar-refractivity contribution in [3.63, 3.8) is 0 Å². The lowest BCUT2D eigenvalue weighted by Crippen LogP contribution is -2.37. The largest absolute Gasteiger partial charge is 0.488 e. The molecule has 0 bridgehead atoms. The van der Waals surface area contributed by atoms with Crippen LogP contribution in [0.1, 0.15) is 35.2 Å². The molecular weight excluding hydrogens is 468 g/mol. The fraction of sp³-hybridized carbons (Fsp3) is 0.391. The third-order valence-corrected chi connectivity index (χ3v) is 5.90. The second-order valence-corrected chi connectivity index (χ2v) is 8.44. The van der Waals surface area contributed by atoms with Crippen molar-refractivity contribution in [3.05, 3.63) is 41.5 Å². The highest BCUT2D eigenvalue weighted by molar-refractivity contribution is 6.02. The molecule has 0 unspecified atom stereocenters. The van der Waals surface area contributed by atoms with Gasteiger partial charge >= 0.3 is 18.3 Å². The van der Waals surface area contributed by atoms with Crippen molar-refractivity contribution >= 4 is 11.8 Å². The normalized spacial score (nSPS) is 16.5. The lowest BCUT2D eigenvalue weighted by atomic mass is 9.95. The number of rotatable bonds is 9. The molecule has 4 rings (SSSR count). The average molecular weight is 492 g/mol. The molecule has 2 aliphatic rings. The number of ether oxygens (including phenoxy) is 4. The van der Waals surface area contributed by atoms with Crippen molar-refractivity contribution in [2.75, 3.05) is 13.7 Å². The number of Topliss-reactive ketones (excluding diaryl/α,β-unsaturated/α-hetero) is 1. The first-order valence-corrected chi connectivity index (χ1v) is 10.6. The Morgan fingerprint density at radius 2 is 1.54 bits per heavy atom. The summed E-state index contributed by atoms with van der Waals surface area (Å²) in [6.45, 7) is -0.252. The summed E-state index contributed by atoms with van der Waals surface area (Å²) in [4.78, 5) is 24.5. The zero-order chi connectivity index (χ0) is 25.6. The van der Waals surface area contributed by atoms with E-state index in [0.717, 1.165) is 6.07 Å². The van der Waals surface area contributed by atoms with E-state index in [1.807, 2.05) is 0 Å². The van der Waals surface area contributed by atoms with Gasteiger partial charge in [-0.1, -0.05) is 18.2 Å². The van der Waals surface area contributed by atoms with E-state index in [1.54, 1.807) is 18.2 Å². The quantitative estimate of drug-likeness (QED) is 0.199. The first-order chi connectivity index (χ1) is 16.3. The molecule has 188 valence electrons. The summed E-state index contributed by atoms with van der Waals surface area (Å²) in [6.07, 6.45) is -5.87. The number of carbonyl (C=O) groups excluding carboxylic acids is 2. The number of esters is 1. The zero-order valence-corrected chi connectivity index (χ0v) is 18.6. The summed E-state index contributed by atoms with van der Waals surface area (Å²) < 4.78 is 20.1. The Hall–Kier alpha value is -3.26. The molecule has 12 heteroatoms. The van der Waals surface area contributed by atoms with Crippen molar-refractivity contribution in [1.82, 2.24) is 0 Å². The highest BCUT2D eigenvalue weighted by Gasteiger charge is 2.52. The van der Waals surface area contributed by atoms with Crippen molar-refractivity contribution in [3.8, 4) is 28.4 Å². The maximum Gasteiger partial charge on any atom is 0.453 e. The molecule has 2 aliphatic carbocycles. The Labute approximate surface area is 198 Å². The van der Waals surface area contributed by atoms with Gasteiger partial charge in [0.15, 0.2) is 17.3 Å². The molecule has 2 aromatic rings. The van der Waals surface area contributed by atoms with Crippen LogP contribution in [0.4, 0.5) is 0 Å². The van der Waals surface area contributed by atoms with Crippen molar-refractivity contribution in [2.45, 2.75) is 38.0 Å². The van der Waals surface area contributed by atoms with E-state index in [0.29, 0.717) is 36.0 Å². The van der Waals surface area contributed by atoms with Crippen molar-refractivity contribution in [2.24, 2.45) is 5.41 Å². The molecule has 1 fully saturated rings. The van der Waals surface area contributed by atoms with Crippen LogP contribution in [0.2, 0.25) is 0 Å². The van der Waals surface area contributed by atoms with E-state index < -0.39 is 35.2 Å². The summed E-state index contributed by atoms with van der Waals surface area (Å²) in [5.41, 5.74) is 0.942. The fourth-order valence-corrected chi connectivity index (χ4v) is 4.09. The van der Waals surface area contributed by atoms with Gasteiger partial charge in [-0.3, -0.25) is 9.59 Å². The van der Waals surface area contributed by atoms with Crippen molar-refractivity contribution < 1.29 is 59.2 Å². The first kappa shape index (κ1) is 24.9. The molecular formula is C23H24O12. The topological polar surface area (TPSA) is 192 Å². The predicted octanol–water partition coefficient (Wildman–Crippen LogP) is -0.252. The summed E-state index contributed by atoms with van der Waals surface area (Å²) in [7, 11) is 1.22. The van der Waals surface area contributed by atoms with Gasteiger partial charge in [0.1, 0.15) is 12.0 Å². The van der Waals surface area contributed by atoms with Gasteiger partial charge < -0.3 is 49.6 Å². The van der Waals surface area contributed by atoms with Gasteiger partial charge in [0, 0.05) is 17.5 Å². The van der Waals surface area contributed by atoms with Crippen LogP contribution >= 0.6 is 0 Å². The fourth-order valence-electron chi connectivity index (χ4n) is 4.09. The van der Waals surface area contributed by atoms with Gasteiger partial charge in [0.05, 0.1) is 7.11 Å². The molecule has 0 spiro atoms. The molecule has 6 N–H and O–H groups in total. The molecule has 0 amide bonds. The summed E-state index contributed by atoms with van der Waals surface area (Å²) in [5.74, 6) is -2.28.